The molecule has 0 radical (unpaired) electrons. The van der Waals surface area contributed by atoms with E-state index >= 15 is 0 Å². The van der Waals surface area contributed by atoms with Gasteiger partial charge in [0, 0.05) is 12.2 Å². The van der Waals surface area contributed by atoms with Crippen LogP contribution in [0.15, 0.2) is 67.3 Å². The first-order valence-electron chi connectivity index (χ1n) is 7.54. The molecular weight excluding hydrogens is 304 g/mol. The molecule has 0 spiro atoms. The Labute approximate surface area is 141 Å². The summed E-state index contributed by atoms with van der Waals surface area (Å²) in [5.41, 5.74) is 3.47. The van der Waals surface area contributed by atoms with E-state index in [1.807, 2.05) is 35.2 Å². The second-order valence-corrected chi connectivity index (χ2v) is 5.86. The van der Waals surface area contributed by atoms with Gasteiger partial charge in [-0.1, -0.05) is 48.5 Å². The number of hydrogen-bond donors (Lipinski definition) is 0. The first-order chi connectivity index (χ1) is 11.2. The van der Waals surface area contributed by atoms with Crippen molar-refractivity contribution in [3.63, 3.8) is 0 Å². The van der Waals surface area contributed by atoms with E-state index in [1.54, 1.807) is 11.0 Å². The number of carbonyl (C=O) groups excluding carboxylic acids is 1. The van der Waals surface area contributed by atoms with E-state index < -0.39 is 0 Å². The van der Waals surface area contributed by atoms with Gasteiger partial charge in [-0.15, -0.1) is 6.58 Å². The molecule has 0 aromatic heterocycles. The van der Waals surface area contributed by atoms with Crippen LogP contribution in [0.4, 0.5) is 5.69 Å². The van der Waals surface area contributed by atoms with Crippen molar-refractivity contribution in [1.82, 2.24) is 4.90 Å². The predicted molar refractivity (Wildman–Crippen MR) is 97.5 cm³/mol. The van der Waals surface area contributed by atoms with Crippen molar-refractivity contribution in [3.05, 3.63) is 78.4 Å². The molecule has 1 saturated heterocycles. The van der Waals surface area contributed by atoms with Crippen molar-refractivity contribution in [3.8, 4) is 0 Å². The zero-order valence-corrected chi connectivity index (χ0v) is 13.6. The zero-order chi connectivity index (χ0) is 16.2. The molecule has 1 heterocycles. The number of amides is 1. The number of rotatable bonds is 5. The van der Waals surface area contributed by atoms with Crippen molar-refractivity contribution in [2.75, 3.05) is 18.0 Å². The van der Waals surface area contributed by atoms with Crippen LogP contribution in [-0.4, -0.2) is 29.0 Å². The van der Waals surface area contributed by atoms with Gasteiger partial charge < -0.3 is 4.90 Å². The highest BCUT2D eigenvalue weighted by atomic mass is 32.1. The van der Waals surface area contributed by atoms with Crippen LogP contribution in [0.1, 0.15) is 11.1 Å². The first-order valence-corrected chi connectivity index (χ1v) is 7.95. The maximum Gasteiger partial charge on any atom is 0.249 e. The zero-order valence-electron chi connectivity index (χ0n) is 12.8. The average molecular weight is 322 g/mol. The SMILES string of the molecule is C=CCN1C(=O)CN(c2ccc(Cc3ccccc3)cc2)C1=S. The molecule has 1 aliphatic heterocycles. The summed E-state index contributed by atoms with van der Waals surface area (Å²) in [7, 11) is 0. The van der Waals surface area contributed by atoms with Crippen LogP contribution in [0.25, 0.3) is 0 Å². The molecule has 0 aliphatic carbocycles. The molecule has 23 heavy (non-hydrogen) atoms. The Balaban J connectivity index is 1.74. The van der Waals surface area contributed by atoms with Gasteiger partial charge >= 0.3 is 0 Å². The molecule has 0 atom stereocenters. The lowest BCUT2D eigenvalue weighted by Crippen LogP contribution is -2.32. The lowest BCUT2D eigenvalue weighted by Gasteiger charge is -2.19. The summed E-state index contributed by atoms with van der Waals surface area (Å²) in [4.78, 5) is 15.5. The van der Waals surface area contributed by atoms with Crippen molar-refractivity contribution >= 4 is 28.9 Å². The minimum atomic E-state index is 0.0169. The highest BCUT2D eigenvalue weighted by Crippen LogP contribution is 2.22. The summed E-state index contributed by atoms with van der Waals surface area (Å²) in [5, 5.41) is 0.547. The molecule has 0 saturated carbocycles. The van der Waals surface area contributed by atoms with Crippen LogP contribution >= 0.6 is 12.2 Å². The van der Waals surface area contributed by atoms with Crippen LogP contribution in [0.2, 0.25) is 0 Å². The summed E-state index contributed by atoms with van der Waals surface area (Å²) >= 11 is 5.41. The van der Waals surface area contributed by atoms with E-state index in [1.165, 1.54) is 11.1 Å². The third kappa shape index (κ3) is 3.32. The Kier molecular flexibility index (Phi) is 4.53. The van der Waals surface area contributed by atoms with Crippen LogP contribution < -0.4 is 4.90 Å². The lowest BCUT2D eigenvalue weighted by atomic mass is 10.0. The van der Waals surface area contributed by atoms with Crippen molar-refractivity contribution < 1.29 is 4.79 Å². The molecule has 1 fully saturated rings. The molecule has 116 valence electrons. The van der Waals surface area contributed by atoms with Gasteiger partial charge in [0.05, 0.1) is 0 Å². The van der Waals surface area contributed by atoms with Gasteiger partial charge in [-0.3, -0.25) is 9.69 Å². The molecule has 1 amide bonds. The van der Waals surface area contributed by atoms with Crippen LogP contribution in [-0.2, 0) is 11.2 Å². The Morgan fingerprint density at radius 1 is 1.04 bits per heavy atom. The lowest BCUT2D eigenvalue weighted by molar-refractivity contribution is -0.124. The fourth-order valence-corrected chi connectivity index (χ4v) is 3.02. The second kappa shape index (κ2) is 6.75. The van der Waals surface area contributed by atoms with Gasteiger partial charge in [0.15, 0.2) is 5.11 Å². The maximum atomic E-state index is 12.0. The topological polar surface area (TPSA) is 23.6 Å². The largest absolute Gasteiger partial charge is 0.309 e. The molecule has 0 N–H and O–H groups in total. The van der Waals surface area contributed by atoms with Crippen LogP contribution in [0.3, 0.4) is 0 Å². The van der Waals surface area contributed by atoms with Crippen molar-refractivity contribution in [1.29, 1.82) is 0 Å². The number of thiocarbonyl (C=S) groups is 1. The third-order valence-corrected chi connectivity index (χ3v) is 4.31. The molecule has 4 heteroatoms. The quantitative estimate of drug-likeness (QED) is 0.623. The van der Waals surface area contributed by atoms with E-state index in [9.17, 15) is 4.79 Å². The summed E-state index contributed by atoms with van der Waals surface area (Å²) in [6.45, 7) is 4.43. The molecule has 1 aliphatic rings. The van der Waals surface area contributed by atoms with Gasteiger partial charge in [0.25, 0.3) is 0 Å². The minimum absolute atomic E-state index is 0.0169. The predicted octanol–water partition coefficient (Wildman–Crippen LogP) is 3.40. The van der Waals surface area contributed by atoms with Crippen molar-refractivity contribution in [2.24, 2.45) is 0 Å². The van der Waals surface area contributed by atoms with Gasteiger partial charge in [0.1, 0.15) is 6.54 Å². The standard InChI is InChI=1S/C19H18N2OS/c1-2-12-20-18(22)14-21(19(20)23)17-10-8-16(9-11-17)13-15-6-4-3-5-7-15/h2-11H,1,12-14H2. The summed E-state index contributed by atoms with van der Waals surface area (Å²) in [6, 6.07) is 18.6. The van der Waals surface area contributed by atoms with Crippen LogP contribution in [0.5, 0.6) is 0 Å². The highest BCUT2D eigenvalue weighted by molar-refractivity contribution is 7.80. The number of nitrogens with zero attached hydrogens (tertiary/aromatic N) is 2. The van der Waals surface area contributed by atoms with Crippen molar-refractivity contribution in [2.45, 2.75) is 6.42 Å². The monoisotopic (exact) mass is 322 g/mol. The molecular formula is C19H18N2OS. The van der Waals surface area contributed by atoms with Crippen LogP contribution in [0, 0.1) is 0 Å². The Morgan fingerprint density at radius 3 is 2.35 bits per heavy atom. The van der Waals surface area contributed by atoms with E-state index in [0.717, 1.165) is 12.1 Å². The molecule has 3 nitrogen and oxygen atoms in total. The summed E-state index contributed by atoms with van der Waals surface area (Å²) in [6.07, 6.45) is 2.59. The minimum Gasteiger partial charge on any atom is -0.309 e. The molecule has 2 aromatic rings. The number of benzene rings is 2. The first kappa shape index (κ1) is 15.4. The van der Waals surface area contributed by atoms with E-state index in [4.69, 9.17) is 12.2 Å². The average Bonchev–Trinajstić information content (AvgIpc) is 2.85. The number of hydrogen-bond acceptors (Lipinski definition) is 2. The summed E-state index contributed by atoms with van der Waals surface area (Å²) in [5.74, 6) is 0.0169. The van der Waals surface area contributed by atoms with Gasteiger partial charge in [-0.2, -0.15) is 0 Å². The van der Waals surface area contributed by atoms with E-state index in [0.29, 0.717) is 18.2 Å². The Morgan fingerprint density at radius 2 is 1.70 bits per heavy atom. The Hall–Kier alpha value is -2.46. The summed E-state index contributed by atoms with van der Waals surface area (Å²) < 4.78 is 0. The fourth-order valence-electron chi connectivity index (χ4n) is 2.68. The normalized spacial score (nSPS) is 14.4. The smallest absolute Gasteiger partial charge is 0.249 e. The third-order valence-electron chi connectivity index (χ3n) is 3.87. The number of anilines is 1. The van der Waals surface area contributed by atoms with Gasteiger partial charge in [-0.05, 0) is 41.9 Å². The molecule has 2 aromatic carbocycles. The van der Waals surface area contributed by atoms with E-state index in [-0.39, 0.29) is 5.91 Å². The Bertz CT molecular complexity index is 725. The van der Waals surface area contributed by atoms with E-state index in [2.05, 4.69) is 30.8 Å². The highest BCUT2D eigenvalue weighted by Gasteiger charge is 2.32. The second-order valence-electron chi connectivity index (χ2n) is 5.49. The molecule has 0 bridgehead atoms. The maximum absolute atomic E-state index is 12.0. The molecule has 3 rings (SSSR count). The number of carbonyl (C=O) groups is 1. The molecule has 0 unspecified atom stereocenters. The van der Waals surface area contributed by atoms with Gasteiger partial charge in [-0.25, -0.2) is 0 Å². The fraction of sp³-hybridized carbons (Fsp3) is 0.158. The van der Waals surface area contributed by atoms with Gasteiger partial charge in [0.2, 0.25) is 5.91 Å².